The van der Waals surface area contributed by atoms with Gasteiger partial charge in [0.1, 0.15) is 6.04 Å². The fraction of sp³-hybridized carbons (Fsp3) is 0.357. The third kappa shape index (κ3) is 3.48. The van der Waals surface area contributed by atoms with E-state index >= 15 is 0 Å². The molecule has 0 unspecified atom stereocenters. The Kier molecular flexibility index (Phi) is 4.06. The number of aliphatic imine (C=N–C) groups is 2. The van der Waals surface area contributed by atoms with E-state index in [9.17, 15) is 4.79 Å². The van der Waals surface area contributed by atoms with Crippen LogP contribution in [0, 0.1) is 0 Å². The van der Waals surface area contributed by atoms with Crippen molar-refractivity contribution < 1.29 is 9.53 Å². The highest BCUT2D eigenvalue weighted by Gasteiger charge is 2.30. The highest BCUT2D eigenvalue weighted by molar-refractivity contribution is 6.17. The van der Waals surface area contributed by atoms with Crippen LogP contribution >= 0.6 is 0 Å². The number of hydrogen-bond donors (Lipinski definition) is 1. The summed E-state index contributed by atoms with van der Waals surface area (Å²) in [6.07, 6.45) is 3.77. The van der Waals surface area contributed by atoms with Crippen LogP contribution in [-0.4, -0.2) is 37.3 Å². The summed E-state index contributed by atoms with van der Waals surface area (Å²) in [4.78, 5) is 20.3. The van der Waals surface area contributed by atoms with Gasteiger partial charge in [0.2, 0.25) is 5.79 Å². The van der Waals surface area contributed by atoms with Crippen LogP contribution in [0.4, 0.5) is 0 Å². The van der Waals surface area contributed by atoms with Gasteiger partial charge in [0.25, 0.3) is 0 Å². The van der Waals surface area contributed by atoms with Crippen LogP contribution in [0.15, 0.2) is 40.3 Å². The number of esters is 1. The van der Waals surface area contributed by atoms with Gasteiger partial charge in [-0.1, -0.05) is 30.3 Å². The van der Waals surface area contributed by atoms with Crippen molar-refractivity contribution in [3.05, 3.63) is 35.9 Å². The molecule has 19 heavy (non-hydrogen) atoms. The monoisotopic (exact) mass is 259 g/mol. The zero-order chi connectivity index (χ0) is 13.7. The smallest absolute Gasteiger partial charge is 0.323 e. The van der Waals surface area contributed by atoms with Crippen LogP contribution in [0.3, 0.4) is 0 Å². The Morgan fingerprint density at radius 3 is 2.53 bits per heavy atom. The lowest BCUT2D eigenvalue weighted by Crippen LogP contribution is -2.50. The predicted octanol–water partition coefficient (Wildman–Crippen LogP) is 1.19. The summed E-state index contributed by atoms with van der Waals surface area (Å²) in [5.41, 5.74) is 1.06. The second-order valence-electron chi connectivity index (χ2n) is 4.49. The highest BCUT2D eigenvalue weighted by Crippen LogP contribution is 2.14. The largest absolute Gasteiger partial charge is 0.468 e. The SMILES string of the molecule is COC(=O)[C@H](Cc1ccccc1)NC1(C)N=CC=N1. The molecule has 0 aliphatic carbocycles. The number of nitrogens with zero attached hydrogens (tertiary/aromatic N) is 2. The van der Waals surface area contributed by atoms with Crippen molar-refractivity contribution in [1.82, 2.24) is 5.32 Å². The molecule has 1 atom stereocenters. The Hall–Kier alpha value is -2.01. The highest BCUT2D eigenvalue weighted by atomic mass is 16.5. The predicted molar refractivity (Wildman–Crippen MR) is 74.5 cm³/mol. The number of benzene rings is 1. The van der Waals surface area contributed by atoms with Crippen LogP contribution in [0.5, 0.6) is 0 Å². The molecular formula is C14H17N3O2. The normalized spacial score (nSPS) is 17.4. The molecule has 0 amide bonds. The van der Waals surface area contributed by atoms with Gasteiger partial charge in [-0.05, 0) is 18.9 Å². The van der Waals surface area contributed by atoms with E-state index in [2.05, 4.69) is 15.3 Å². The van der Waals surface area contributed by atoms with E-state index in [4.69, 9.17) is 4.74 Å². The first-order valence-corrected chi connectivity index (χ1v) is 6.11. The maximum atomic E-state index is 11.9. The molecule has 0 fully saturated rings. The van der Waals surface area contributed by atoms with E-state index in [0.29, 0.717) is 6.42 Å². The number of hydrogen-bond acceptors (Lipinski definition) is 5. The summed E-state index contributed by atoms with van der Waals surface area (Å²) in [6.45, 7) is 1.81. The lowest BCUT2D eigenvalue weighted by atomic mass is 10.1. The van der Waals surface area contributed by atoms with Gasteiger partial charge in [-0.15, -0.1) is 0 Å². The van der Waals surface area contributed by atoms with Crippen molar-refractivity contribution >= 4 is 18.4 Å². The second-order valence-corrected chi connectivity index (χ2v) is 4.49. The molecule has 1 aromatic carbocycles. The summed E-state index contributed by atoms with van der Waals surface area (Å²) < 4.78 is 4.83. The summed E-state index contributed by atoms with van der Waals surface area (Å²) >= 11 is 0. The molecule has 1 heterocycles. The lowest BCUT2D eigenvalue weighted by molar-refractivity contribution is -0.143. The van der Waals surface area contributed by atoms with Crippen molar-refractivity contribution in [1.29, 1.82) is 0 Å². The molecule has 100 valence electrons. The molecule has 1 aliphatic rings. The van der Waals surface area contributed by atoms with Gasteiger partial charge in [0.15, 0.2) is 0 Å². The first-order chi connectivity index (χ1) is 9.13. The molecule has 1 aromatic rings. The van der Waals surface area contributed by atoms with Crippen molar-refractivity contribution in [2.45, 2.75) is 25.2 Å². The quantitative estimate of drug-likeness (QED) is 0.808. The van der Waals surface area contributed by atoms with Crippen LogP contribution in [0.2, 0.25) is 0 Å². The van der Waals surface area contributed by atoms with Gasteiger partial charge >= 0.3 is 5.97 Å². The number of methoxy groups -OCH3 is 1. The summed E-state index contributed by atoms with van der Waals surface area (Å²) in [5.74, 6) is -1.10. The molecule has 5 nitrogen and oxygen atoms in total. The molecule has 1 aliphatic heterocycles. The molecule has 5 heteroatoms. The van der Waals surface area contributed by atoms with Gasteiger partial charge in [-0.3, -0.25) is 10.1 Å². The fourth-order valence-corrected chi connectivity index (χ4v) is 1.98. The Morgan fingerprint density at radius 2 is 1.95 bits per heavy atom. The van der Waals surface area contributed by atoms with Crippen molar-refractivity contribution in [2.75, 3.05) is 7.11 Å². The van der Waals surface area contributed by atoms with Gasteiger partial charge in [0, 0.05) is 12.4 Å². The van der Waals surface area contributed by atoms with E-state index in [-0.39, 0.29) is 5.97 Å². The van der Waals surface area contributed by atoms with Crippen LogP contribution in [-0.2, 0) is 16.0 Å². The fourth-order valence-electron chi connectivity index (χ4n) is 1.98. The van der Waals surface area contributed by atoms with E-state index < -0.39 is 11.8 Å². The van der Waals surface area contributed by atoms with E-state index in [1.165, 1.54) is 7.11 Å². The summed E-state index contributed by atoms with van der Waals surface area (Å²) in [6, 6.07) is 9.29. The number of ether oxygens (including phenoxy) is 1. The van der Waals surface area contributed by atoms with Gasteiger partial charge in [0.05, 0.1) is 7.11 Å². The second kappa shape index (κ2) is 5.75. The first kappa shape index (κ1) is 13.4. The molecule has 1 N–H and O–H groups in total. The van der Waals surface area contributed by atoms with Gasteiger partial charge in [-0.2, -0.15) is 0 Å². The molecule has 0 spiro atoms. The molecule has 0 aromatic heterocycles. The third-order valence-electron chi connectivity index (χ3n) is 2.93. The zero-order valence-electron chi connectivity index (χ0n) is 11.0. The Labute approximate surface area is 112 Å². The Morgan fingerprint density at radius 1 is 1.32 bits per heavy atom. The van der Waals surface area contributed by atoms with Gasteiger partial charge in [-0.25, -0.2) is 9.98 Å². The van der Waals surface area contributed by atoms with Crippen LogP contribution in [0.1, 0.15) is 12.5 Å². The third-order valence-corrected chi connectivity index (χ3v) is 2.93. The molecule has 0 saturated carbocycles. The standard InChI is InChI=1S/C14H17N3O2/c1-14(15-8-9-16-14)17-12(13(18)19-2)10-11-6-4-3-5-7-11/h3-9,12,17H,10H2,1-2H3/t12-/m0/s1. The summed E-state index contributed by atoms with van der Waals surface area (Å²) in [7, 11) is 1.38. The molecule has 0 radical (unpaired) electrons. The van der Waals surface area contributed by atoms with E-state index in [1.807, 2.05) is 37.3 Å². The number of carbonyl (C=O) groups excluding carboxylic acids is 1. The van der Waals surface area contributed by atoms with Crippen molar-refractivity contribution in [2.24, 2.45) is 9.98 Å². The molecule has 0 saturated heterocycles. The molecule has 2 rings (SSSR count). The number of rotatable bonds is 5. The Balaban J connectivity index is 2.10. The average Bonchev–Trinajstić information content (AvgIpc) is 2.85. The maximum absolute atomic E-state index is 11.9. The maximum Gasteiger partial charge on any atom is 0.323 e. The van der Waals surface area contributed by atoms with E-state index in [1.54, 1.807) is 12.4 Å². The average molecular weight is 259 g/mol. The van der Waals surface area contributed by atoms with Crippen LogP contribution < -0.4 is 5.32 Å². The molecule has 0 bridgehead atoms. The molecular weight excluding hydrogens is 242 g/mol. The number of carbonyl (C=O) groups is 1. The summed E-state index contributed by atoms with van der Waals surface area (Å²) in [5, 5.41) is 3.12. The minimum absolute atomic E-state index is 0.317. The van der Waals surface area contributed by atoms with E-state index in [0.717, 1.165) is 5.56 Å². The Bertz CT molecular complexity index is 485. The minimum Gasteiger partial charge on any atom is -0.468 e. The first-order valence-electron chi connectivity index (χ1n) is 6.11. The van der Waals surface area contributed by atoms with Crippen LogP contribution in [0.25, 0.3) is 0 Å². The van der Waals surface area contributed by atoms with Crippen molar-refractivity contribution in [3.8, 4) is 0 Å². The minimum atomic E-state index is -0.784. The van der Waals surface area contributed by atoms with Gasteiger partial charge < -0.3 is 4.74 Å². The lowest BCUT2D eigenvalue weighted by Gasteiger charge is -2.25. The zero-order valence-corrected chi connectivity index (χ0v) is 11.0. The number of nitrogens with one attached hydrogen (secondary N) is 1. The van der Waals surface area contributed by atoms with Crippen molar-refractivity contribution in [3.63, 3.8) is 0 Å². The topological polar surface area (TPSA) is 63.0 Å².